The number of amides is 1. The minimum atomic E-state index is -0.373. The lowest BCUT2D eigenvalue weighted by molar-refractivity contribution is -0.124. The van der Waals surface area contributed by atoms with Crippen molar-refractivity contribution in [2.75, 3.05) is 26.0 Å². The first-order chi connectivity index (χ1) is 12.6. The van der Waals surface area contributed by atoms with Crippen molar-refractivity contribution in [3.05, 3.63) is 46.9 Å². The molecule has 0 saturated carbocycles. The van der Waals surface area contributed by atoms with E-state index in [9.17, 15) is 9.18 Å². The standard InChI is InChI=1S/C17H18ClFN4O2S/c1-25-9-3-7-23-16(24)11-26-17(23)20-15-6-8-22(21-15)10-12-13(18)4-2-5-14(12)19/h2,4-6,8H,3,7,9-11H2,1H3. The van der Waals surface area contributed by atoms with Gasteiger partial charge in [0, 0.05) is 43.1 Å². The van der Waals surface area contributed by atoms with E-state index in [2.05, 4.69) is 10.1 Å². The highest BCUT2D eigenvalue weighted by atomic mass is 35.5. The number of halogens is 2. The Balaban J connectivity index is 1.73. The van der Waals surface area contributed by atoms with Crippen LogP contribution >= 0.6 is 23.4 Å². The zero-order valence-corrected chi connectivity index (χ0v) is 15.8. The van der Waals surface area contributed by atoms with Crippen LogP contribution in [0.4, 0.5) is 10.2 Å². The van der Waals surface area contributed by atoms with Gasteiger partial charge in [0.2, 0.25) is 5.91 Å². The molecule has 9 heteroatoms. The van der Waals surface area contributed by atoms with Gasteiger partial charge < -0.3 is 4.74 Å². The monoisotopic (exact) mass is 396 g/mol. The van der Waals surface area contributed by atoms with E-state index < -0.39 is 0 Å². The van der Waals surface area contributed by atoms with Crippen molar-refractivity contribution in [2.24, 2.45) is 4.99 Å². The van der Waals surface area contributed by atoms with Crippen LogP contribution in [0.2, 0.25) is 5.02 Å². The van der Waals surface area contributed by atoms with Gasteiger partial charge in [-0.05, 0) is 18.6 Å². The summed E-state index contributed by atoms with van der Waals surface area (Å²) in [7, 11) is 1.63. The maximum atomic E-state index is 13.9. The third-order valence-corrected chi connectivity index (χ3v) is 5.12. The molecular formula is C17H18ClFN4O2S. The van der Waals surface area contributed by atoms with Gasteiger partial charge in [-0.3, -0.25) is 14.4 Å². The first-order valence-corrected chi connectivity index (χ1v) is 9.42. The normalized spacial score (nSPS) is 16.0. The largest absolute Gasteiger partial charge is 0.385 e. The number of benzene rings is 1. The number of ether oxygens (including phenoxy) is 1. The van der Waals surface area contributed by atoms with Crippen LogP contribution in [0, 0.1) is 5.82 Å². The number of amidine groups is 1. The van der Waals surface area contributed by atoms with Crippen molar-refractivity contribution in [1.82, 2.24) is 14.7 Å². The van der Waals surface area contributed by atoms with E-state index in [1.807, 2.05) is 0 Å². The van der Waals surface area contributed by atoms with E-state index in [1.165, 1.54) is 17.8 Å². The van der Waals surface area contributed by atoms with Crippen LogP contribution < -0.4 is 0 Å². The quantitative estimate of drug-likeness (QED) is 0.673. The number of aliphatic imine (C=N–C) groups is 1. The molecule has 1 aromatic carbocycles. The number of rotatable bonds is 7. The van der Waals surface area contributed by atoms with Crippen molar-refractivity contribution >= 4 is 40.3 Å². The first kappa shape index (κ1) is 18.9. The summed E-state index contributed by atoms with van der Waals surface area (Å²) >= 11 is 7.44. The Morgan fingerprint density at radius 2 is 2.27 bits per heavy atom. The van der Waals surface area contributed by atoms with Crippen molar-refractivity contribution in [2.45, 2.75) is 13.0 Å². The number of carbonyl (C=O) groups excluding carboxylic acids is 1. The van der Waals surface area contributed by atoms with Gasteiger partial charge in [0.1, 0.15) is 5.82 Å². The predicted molar refractivity (Wildman–Crippen MR) is 100 cm³/mol. The topological polar surface area (TPSA) is 59.7 Å². The van der Waals surface area contributed by atoms with Crippen LogP contribution in [-0.2, 0) is 16.1 Å². The van der Waals surface area contributed by atoms with Gasteiger partial charge in [-0.1, -0.05) is 29.4 Å². The smallest absolute Gasteiger partial charge is 0.239 e. The molecule has 2 heterocycles. The molecule has 6 nitrogen and oxygen atoms in total. The summed E-state index contributed by atoms with van der Waals surface area (Å²) in [6.45, 7) is 1.35. The molecular weight excluding hydrogens is 379 g/mol. The summed E-state index contributed by atoms with van der Waals surface area (Å²) in [5.41, 5.74) is 0.378. The molecule has 0 spiro atoms. The lowest BCUT2D eigenvalue weighted by Gasteiger charge is -2.15. The lowest BCUT2D eigenvalue weighted by atomic mass is 10.2. The van der Waals surface area contributed by atoms with E-state index in [0.29, 0.717) is 40.5 Å². The molecule has 1 aliphatic rings. The van der Waals surface area contributed by atoms with Crippen molar-refractivity contribution in [3.63, 3.8) is 0 Å². The average Bonchev–Trinajstić information content (AvgIpc) is 3.20. The van der Waals surface area contributed by atoms with Gasteiger partial charge in [0.15, 0.2) is 11.0 Å². The Morgan fingerprint density at radius 3 is 3.04 bits per heavy atom. The zero-order chi connectivity index (χ0) is 18.5. The molecule has 2 aromatic rings. The summed E-state index contributed by atoms with van der Waals surface area (Å²) in [6.07, 6.45) is 2.45. The van der Waals surface area contributed by atoms with Crippen LogP contribution in [0.5, 0.6) is 0 Å². The first-order valence-electron chi connectivity index (χ1n) is 8.05. The molecule has 1 saturated heterocycles. The van der Waals surface area contributed by atoms with Gasteiger partial charge in [0.05, 0.1) is 12.3 Å². The summed E-state index contributed by atoms with van der Waals surface area (Å²) in [5.74, 6) is 0.494. The average molecular weight is 397 g/mol. The SMILES string of the molecule is COCCCN1C(=O)CSC1=Nc1ccn(Cc2c(F)cccc2Cl)n1. The van der Waals surface area contributed by atoms with Crippen LogP contribution in [0.15, 0.2) is 35.5 Å². The van der Waals surface area contributed by atoms with Gasteiger partial charge in [-0.15, -0.1) is 0 Å². The zero-order valence-electron chi connectivity index (χ0n) is 14.2. The lowest BCUT2D eigenvalue weighted by Crippen LogP contribution is -2.31. The highest BCUT2D eigenvalue weighted by Gasteiger charge is 2.27. The third kappa shape index (κ3) is 4.44. The van der Waals surface area contributed by atoms with Crippen LogP contribution in [-0.4, -0.2) is 51.8 Å². The number of nitrogens with zero attached hydrogens (tertiary/aromatic N) is 4. The highest BCUT2D eigenvalue weighted by molar-refractivity contribution is 8.15. The maximum Gasteiger partial charge on any atom is 0.239 e. The second kappa shape index (κ2) is 8.66. The van der Waals surface area contributed by atoms with Gasteiger partial charge in [-0.25, -0.2) is 9.38 Å². The molecule has 1 amide bonds. The Morgan fingerprint density at radius 1 is 1.42 bits per heavy atom. The number of aromatic nitrogens is 2. The number of methoxy groups -OCH3 is 1. The number of carbonyl (C=O) groups is 1. The number of hydrogen-bond donors (Lipinski definition) is 0. The van der Waals surface area contributed by atoms with E-state index >= 15 is 0 Å². The fourth-order valence-electron chi connectivity index (χ4n) is 2.51. The molecule has 1 aromatic heterocycles. The van der Waals surface area contributed by atoms with E-state index in [4.69, 9.17) is 16.3 Å². The van der Waals surface area contributed by atoms with E-state index in [0.717, 1.165) is 6.42 Å². The van der Waals surface area contributed by atoms with E-state index in [-0.39, 0.29) is 18.3 Å². The predicted octanol–water partition coefficient (Wildman–Crippen LogP) is 3.32. The van der Waals surface area contributed by atoms with Gasteiger partial charge >= 0.3 is 0 Å². The van der Waals surface area contributed by atoms with Crippen LogP contribution in [0.1, 0.15) is 12.0 Å². The highest BCUT2D eigenvalue weighted by Crippen LogP contribution is 2.24. The molecule has 0 bridgehead atoms. The fourth-order valence-corrected chi connectivity index (χ4v) is 3.65. The Kier molecular flexibility index (Phi) is 6.29. The molecule has 138 valence electrons. The second-order valence-electron chi connectivity index (χ2n) is 5.65. The Bertz CT molecular complexity index is 807. The molecule has 0 unspecified atom stereocenters. The third-order valence-electron chi connectivity index (χ3n) is 3.81. The molecule has 1 fully saturated rings. The van der Waals surface area contributed by atoms with Gasteiger partial charge in [-0.2, -0.15) is 5.10 Å². The molecule has 0 N–H and O–H groups in total. The second-order valence-corrected chi connectivity index (χ2v) is 7.00. The molecule has 0 radical (unpaired) electrons. The molecule has 26 heavy (non-hydrogen) atoms. The Labute approximate surface area is 160 Å². The minimum Gasteiger partial charge on any atom is -0.385 e. The molecule has 3 rings (SSSR count). The van der Waals surface area contributed by atoms with Crippen molar-refractivity contribution < 1.29 is 13.9 Å². The summed E-state index contributed by atoms with van der Waals surface area (Å²) in [4.78, 5) is 18.1. The Hall–Kier alpha value is -1.90. The van der Waals surface area contributed by atoms with E-state index in [1.54, 1.807) is 41.1 Å². The summed E-state index contributed by atoms with van der Waals surface area (Å²) < 4.78 is 20.5. The van der Waals surface area contributed by atoms with Crippen molar-refractivity contribution in [1.29, 1.82) is 0 Å². The number of hydrogen-bond acceptors (Lipinski definition) is 5. The summed E-state index contributed by atoms with van der Waals surface area (Å²) in [6, 6.07) is 6.29. The van der Waals surface area contributed by atoms with Crippen LogP contribution in [0.25, 0.3) is 0 Å². The minimum absolute atomic E-state index is 0.0300. The van der Waals surface area contributed by atoms with Gasteiger partial charge in [0.25, 0.3) is 0 Å². The van der Waals surface area contributed by atoms with Crippen LogP contribution in [0.3, 0.4) is 0 Å². The maximum absolute atomic E-state index is 13.9. The number of thioether (sulfide) groups is 1. The fraction of sp³-hybridized carbons (Fsp3) is 0.353. The molecule has 0 atom stereocenters. The molecule has 1 aliphatic heterocycles. The molecule has 0 aliphatic carbocycles. The van der Waals surface area contributed by atoms with Crippen molar-refractivity contribution in [3.8, 4) is 0 Å². The summed E-state index contributed by atoms with van der Waals surface area (Å²) in [5, 5.41) is 5.32.